The van der Waals surface area contributed by atoms with Crippen molar-refractivity contribution in [2.75, 3.05) is 32.8 Å². The summed E-state index contributed by atoms with van der Waals surface area (Å²) >= 11 is 0. The number of nitrogens with zero attached hydrogens (tertiary/aromatic N) is 2. The summed E-state index contributed by atoms with van der Waals surface area (Å²) in [7, 11) is 0. The van der Waals surface area contributed by atoms with E-state index in [2.05, 4.69) is 36.1 Å². The summed E-state index contributed by atoms with van der Waals surface area (Å²) in [6, 6.07) is 16.2. The molecule has 26 heavy (non-hydrogen) atoms. The van der Waals surface area contributed by atoms with Crippen molar-refractivity contribution in [3.63, 3.8) is 0 Å². The molecule has 5 nitrogen and oxygen atoms in total. The van der Waals surface area contributed by atoms with Gasteiger partial charge < -0.3 is 14.7 Å². The first-order chi connectivity index (χ1) is 12.6. The number of aliphatic hydroxyl groups excluding tert-OH is 1. The molecule has 2 aromatic rings. The molecule has 0 aliphatic carbocycles. The lowest BCUT2D eigenvalue weighted by Crippen LogP contribution is -2.49. The van der Waals surface area contributed by atoms with Crippen LogP contribution >= 0.6 is 0 Å². The van der Waals surface area contributed by atoms with Gasteiger partial charge in [0.2, 0.25) is 5.91 Å². The van der Waals surface area contributed by atoms with Gasteiger partial charge in [0.25, 0.3) is 0 Å². The van der Waals surface area contributed by atoms with Crippen LogP contribution in [0.1, 0.15) is 16.7 Å². The standard InChI is InChI=1S/C21H26N2O3/c1-17-5-7-18(8-6-17)15-23-10-9-22(16-21(23)25)14-19-3-2-4-20(13-19)26-12-11-24/h2-8,13,24H,9-12,14-16H2,1H3. The lowest BCUT2D eigenvalue weighted by atomic mass is 10.1. The van der Waals surface area contributed by atoms with Gasteiger partial charge in [-0.2, -0.15) is 0 Å². The first-order valence-corrected chi connectivity index (χ1v) is 9.02. The number of rotatable bonds is 7. The molecular formula is C21H26N2O3. The highest BCUT2D eigenvalue weighted by Crippen LogP contribution is 2.17. The van der Waals surface area contributed by atoms with E-state index in [0.717, 1.165) is 30.9 Å². The third-order valence-electron chi connectivity index (χ3n) is 4.56. The van der Waals surface area contributed by atoms with Gasteiger partial charge in [0, 0.05) is 26.2 Å². The van der Waals surface area contributed by atoms with E-state index in [9.17, 15) is 4.79 Å². The minimum absolute atomic E-state index is 0.00166. The maximum absolute atomic E-state index is 12.5. The number of hydrogen-bond donors (Lipinski definition) is 1. The predicted molar refractivity (Wildman–Crippen MR) is 101 cm³/mol. The van der Waals surface area contributed by atoms with Gasteiger partial charge in [0.05, 0.1) is 13.2 Å². The number of aryl methyl sites for hydroxylation is 1. The van der Waals surface area contributed by atoms with Crippen molar-refractivity contribution in [3.8, 4) is 5.75 Å². The fourth-order valence-electron chi connectivity index (χ4n) is 3.13. The van der Waals surface area contributed by atoms with Crippen LogP contribution in [0.25, 0.3) is 0 Å². The second-order valence-corrected chi connectivity index (χ2v) is 6.73. The summed E-state index contributed by atoms with van der Waals surface area (Å²) in [6.45, 7) is 5.80. The molecule has 1 saturated heterocycles. The first kappa shape index (κ1) is 18.4. The largest absolute Gasteiger partial charge is 0.491 e. The monoisotopic (exact) mass is 354 g/mol. The van der Waals surface area contributed by atoms with E-state index in [1.54, 1.807) is 0 Å². The Bertz CT molecular complexity index is 730. The first-order valence-electron chi connectivity index (χ1n) is 9.02. The number of carbonyl (C=O) groups is 1. The normalized spacial score (nSPS) is 15.3. The Balaban J connectivity index is 1.53. The minimum atomic E-state index is 0.00166. The van der Waals surface area contributed by atoms with E-state index in [0.29, 0.717) is 19.7 Å². The van der Waals surface area contributed by atoms with Gasteiger partial charge in [0.1, 0.15) is 12.4 Å². The van der Waals surface area contributed by atoms with Crippen LogP contribution in [0.15, 0.2) is 48.5 Å². The third-order valence-corrected chi connectivity index (χ3v) is 4.56. The molecule has 0 aromatic heterocycles. The second kappa shape index (κ2) is 8.83. The van der Waals surface area contributed by atoms with Crippen LogP contribution < -0.4 is 4.74 Å². The fraction of sp³-hybridized carbons (Fsp3) is 0.381. The van der Waals surface area contributed by atoms with Crippen LogP contribution in [0.2, 0.25) is 0 Å². The predicted octanol–water partition coefficient (Wildman–Crippen LogP) is 2.21. The van der Waals surface area contributed by atoms with E-state index >= 15 is 0 Å². The summed E-state index contributed by atoms with van der Waals surface area (Å²) in [6.07, 6.45) is 0. The molecule has 1 amide bonds. The van der Waals surface area contributed by atoms with Gasteiger partial charge in [-0.05, 0) is 30.2 Å². The van der Waals surface area contributed by atoms with Crippen molar-refractivity contribution in [2.24, 2.45) is 0 Å². The third kappa shape index (κ3) is 5.07. The van der Waals surface area contributed by atoms with Crippen LogP contribution in [0.3, 0.4) is 0 Å². The van der Waals surface area contributed by atoms with E-state index in [4.69, 9.17) is 9.84 Å². The molecule has 1 fully saturated rings. The SMILES string of the molecule is Cc1ccc(CN2CCN(Cc3cccc(OCCO)c3)CC2=O)cc1. The lowest BCUT2D eigenvalue weighted by Gasteiger charge is -2.34. The molecule has 2 aromatic carbocycles. The number of ether oxygens (including phenoxy) is 1. The highest BCUT2D eigenvalue weighted by Gasteiger charge is 2.23. The van der Waals surface area contributed by atoms with Crippen molar-refractivity contribution in [1.82, 2.24) is 9.80 Å². The number of benzene rings is 2. The molecule has 0 spiro atoms. The van der Waals surface area contributed by atoms with Crippen LogP contribution in [-0.2, 0) is 17.9 Å². The molecule has 0 radical (unpaired) electrons. The Labute approximate surface area is 154 Å². The number of aliphatic hydroxyl groups is 1. The van der Waals surface area contributed by atoms with Gasteiger partial charge in [-0.1, -0.05) is 42.0 Å². The molecule has 1 heterocycles. The van der Waals surface area contributed by atoms with Crippen molar-refractivity contribution < 1.29 is 14.6 Å². The van der Waals surface area contributed by atoms with Crippen molar-refractivity contribution in [2.45, 2.75) is 20.0 Å². The molecule has 0 saturated carbocycles. The number of hydrogen-bond acceptors (Lipinski definition) is 4. The van der Waals surface area contributed by atoms with Gasteiger partial charge in [-0.15, -0.1) is 0 Å². The minimum Gasteiger partial charge on any atom is -0.491 e. The summed E-state index contributed by atoms with van der Waals surface area (Å²) in [4.78, 5) is 16.6. The van der Waals surface area contributed by atoms with Crippen molar-refractivity contribution in [1.29, 1.82) is 0 Å². The summed E-state index contributed by atoms with van der Waals surface area (Å²) in [5, 5.41) is 8.86. The second-order valence-electron chi connectivity index (χ2n) is 6.73. The smallest absolute Gasteiger partial charge is 0.237 e. The van der Waals surface area contributed by atoms with Crippen LogP contribution in [0.4, 0.5) is 0 Å². The molecule has 5 heteroatoms. The van der Waals surface area contributed by atoms with Crippen molar-refractivity contribution >= 4 is 5.91 Å². The van der Waals surface area contributed by atoms with Gasteiger partial charge in [-0.25, -0.2) is 0 Å². The van der Waals surface area contributed by atoms with Crippen molar-refractivity contribution in [3.05, 3.63) is 65.2 Å². The number of piperazine rings is 1. The highest BCUT2D eigenvalue weighted by atomic mass is 16.5. The Morgan fingerprint density at radius 1 is 1.04 bits per heavy atom. The maximum atomic E-state index is 12.5. The quantitative estimate of drug-likeness (QED) is 0.828. The van der Waals surface area contributed by atoms with Crippen LogP contribution in [0, 0.1) is 6.92 Å². The Morgan fingerprint density at radius 3 is 2.58 bits per heavy atom. The van der Waals surface area contributed by atoms with E-state index in [1.807, 2.05) is 29.2 Å². The number of carbonyl (C=O) groups excluding carboxylic acids is 1. The van der Waals surface area contributed by atoms with Gasteiger partial charge >= 0.3 is 0 Å². The zero-order valence-electron chi connectivity index (χ0n) is 15.2. The molecule has 138 valence electrons. The Kier molecular flexibility index (Phi) is 6.26. The zero-order chi connectivity index (χ0) is 18.4. The summed E-state index contributed by atoms with van der Waals surface area (Å²) in [5.74, 6) is 0.922. The maximum Gasteiger partial charge on any atom is 0.237 e. The van der Waals surface area contributed by atoms with E-state index in [1.165, 1.54) is 11.1 Å². The fourth-order valence-corrected chi connectivity index (χ4v) is 3.13. The van der Waals surface area contributed by atoms with E-state index < -0.39 is 0 Å². The molecule has 3 rings (SSSR count). The molecule has 0 atom stereocenters. The van der Waals surface area contributed by atoms with Crippen LogP contribution in [-0.4, -0.2) is 53.7 Å². The van der Waals surface area contributed by atoms with Gasteiger partial charge in [-0.3, -0.25) is 9.69 Å². The lowest BCUT2D eigenvalue weighted by molar-refractivity contribution is -0.136. The van der Waals surface area contributed by atoms with E-state index in [-0.39, 0.29) is 12.5 Å². The summed E-state index contributed by atoms with van der Waals surface area (Å²) in [5.41, 5.74) is 3.52. The molecule has 0 bridgehead atoms. The topological polar surface area (TPSA) is 53.0 Å². The molecule has 1 aliphatic rings. The highest BCUT2D eigenvalue weighted by molar-refractivity contribution is 5.79. The Hall–Kier alpha value is -2.37. The molecule has 1 N–H and O–H groups in total. The average molecular weight is 354 g/mol. The average Bonchev–Trinajstić information content (AvgIpc) is 2.64. The number of amides is 1. The molecule has 1 aliphatic heterocycles. The molecule has 0 unspecified atom stereocenters. The Morgan fingerprint density at radius 2 is 1.85 bits per heavy atom. The van der Waals surface area contributed by atoms with Gasteiger partial charge in [0.15, 0.2) is 0 Å². The zero-order valence-corrected chi connectivity index (χ0v) is 15.2. The summed E-state index contributed by atoms with van der Waals surface area (Å²) < 4.78 is 5.45. The molecular weight excluding hydrogens is 328 g/mol. The van der Waals surface area contributed by atoms with Crippen LogP contribution in [0.5, 0.6) is 5.75 Å².